The molecule has 10 aromatic carbocycles. The zero-order valence-electron chi connectivity index (χ0n) is 34.6. The van der Waals surface area contributed by atoms with Crippen molar-refractivity contribution < 1.29 is 0 Å². The number of hydrogen-bond acceptors (Lipinski definition) is 1. The van der Waals surface area contributed by atoms with E-state index in [1.165, 1.54) is 77.4 Å². The lowest BCUT2D eigenvalue weighted by atomic mass is 9.67. The summed E-state index contributed by atoms with van der Waals surface area (Å²) < 4.78 is 2.41. The molecule has 0 atom stereocenters. The van der Waals surface area contributed by atoms with E-state index < -0.39 is 5.41 Å². The van der Waals surface area contributed by atoms with Crippen LogP contribution in [0.2, 0.25) is 0 Å². The molecular formula is C61H42N2. The van der Waals surface area contributed by atoms with Crippen molar-refractivity contribution in [1.29, 1.82) is 0 Å². The summed E-state index contributed by atoms with van der Waals surface area (Å²) in [4.78, 5) is 2.43. The molecular weight excluding hydrogens is 761 g/mol. The third kappa shape index (κ3) is 5.95. The summed E-state index contributed by atoms with van der Waals surface area (Å²) in [5, 5.41) is 2.50. The van der Waals surface area contributed by atoms with Crippen LogP contribution in [0, 0.1) is 0 Å². The van der Waals surface area contributed by atoms with Gasteiger partial charge in [-0.3, -0.25) is 0 Å². The van der Waals surface area contributed by atoms with Crippen LogP contribution in [0.15, 0.2) is 255 Å². The van der Waals surface area contributed by atoms with Crippen LogP contribution in [0.1, 0.15) is 22.3 Å². The number of aromatic nitrogens is 1. The van der Waals surface area contributed by atoms with Crippen LogP contribution in [-0.4, -0.2) is 4.57 Å². The van der Waals surface area contributed by atoms with E-state index in [-0.39, 0.29) is 0 Å². The molecule has 0 unspecified atom stereocenters. The van der Waals surface area contributed by atoms with Gasteiger partial charge in [-0.05, 0) is 116 Å². The lowest BCUT2D eigenvalue weighted by Crippen LogP contribution is -2.28. The minimum atomic E-state index is -0.519. The van der Waals surface area contributed by atoms with E-state index >= 15 is 0 Å². The molecule has 296 valence electrons. The van der Waals surface area contributed by atoms with Gasteiger partial charge in [0.1, 0.15) is 0 Å². The zero-order valence-corrected chi connectivity index (χ0v) is 34.6. The number of rotatable bonds is 8. The van der Waals surface area contributed by atoms with Crippen LogP contribution >= 0.6 is 0 Å². The highest BCUT2D eigenvalue weighted by Crippen LogP contribution is 2.56. The second-order valence-corrected chi connectivity index (χ2v) is 16.5. The molecule has 0 amide bonds. The van der Waals surface area contributed by atoms with E-state index in [4.69, 9.17) is 0 Å². The van der Waals surface area contributed by atoms with Crippen molar-refractivity contribution in [2.75, 3.05) is 4.90 Å². The summed E-state index contributed by atoms with van der Waals surface area (Å²) in [5.41, 5.74) is 18.6. The van der Waals surface area contributed by atoms with Gasteiger partial charge in [-0.1, -0.05) is 194 Å². The largest absolute Gasteiger partial charge is 0.310 e. The number of nitrogens with zero attached hydrogens (tertiary/aromatic N) is 2. The first-order valence-corrected chi connectivity index (χ1v) is 21.8. The number of fused-ring (bicyclic) bond motifs is 6. The average Bonchev–Trinajstić information content (AvgIpc) is 3.86. The summed E-state index contributed by atoms with van der Waals surface area (Å²) in [7, 11) is 0. The van der Waals surface area contributed by atoms with Crippen molar-refractivity contribution >= 4 is 38.9 Å². The molecule has 1 heterocycles. The van der Waals surface area contributed by atoms with Gasteiger partial charge in [-0.25, -0.2) is 0 Å². The van der Waals surface area contributed by atoms with Crippen molar-refractivity contribution in [2.24, 2.45) is 0 Å². The van der Waals surface area contributed by atoms with E-state index in [1.807, 2.05) is 0 Å². The fourth-order valence-electron chi connectivity index (χ4n) is 10.3. The standard InChI is InChI=1S/C61H42N2/c1-3-18-43(19-4-1)45-20-15-21-46(40-45)44-36-38-49(39-37-44)62(51-26-17-27-52(42-51)63-59-34-13-9-30-55(59)56-31-10-14-35-60(56)63)50-25-16-24-48(41-50)61(47-22-5-2-6-23-47)57-32-11-7-28-53(57)54-29-8-12-33-58(54)61/h1-42H. The van der Waals surface area contributed by atoms with Gasteiger partial charge in [0.2, 0.25) is 0 Å². The molecule has 1 aromatic heterocycles. The first-order valence-electron chi connectivity index (χ1n) is 21.8. The van der Waals surface area contributed by atoms with E-state index in [9.17, 15) is 0 Å². The highest BCUT2D eigenvalue weighted by molar-refractivity contribution is 6.09. The molecule has 0 fully saturated rings. The highest BCUT2D eigenvalue weighted by Gasteiger charge is 2.46. The molecule has 0 saturated carbocycles. The predicted molar refractivity (Wildman–Crippen MR) is 264 cm³/mol. The molecule has 12 rings (SSSR count). The van der Waals surface area contributed by atoms with E-state index in [2.05, 4.69) is 264 Å². The minimum absolute atomic E-state index is 0.519. The SMILES string of the molecule is c1ccc(-c2cccc(-c3ccc(N(c4cccc(-n5c6ccccc6c6ccccc65)c4)c4cccc(C5(c6ccccc6)c6ccccc6-c6ccccc65)c4)cc3)c2)cc1. The van der Waals surface area contributed by atoms with Gasteiger partial charge in [0.15, 0.2) is 0 Å². The monoisotopic (exact) mass is 802 g/mol. The lowest BCUT2D eigenvalue weighted by Gasteiger charge is -2.35. The molecule has 1 aliphatic rings. The Morgan fingerprint density at radius 3 is 1.43 bits per heavy atom. The number of hydrogen-bond donors (Lipinski definition) is 0. The molecule has 0 saturated heterocycles. The molecule has 63 heavy (non-hydrogen) atoms. The number of para-hydroxylation sites is 2. The maximum atomic E-state index is 2.43. The number of benzene rings is 10. The van der Waals surface area contributed by atoms with Crippen LogP contribution in [-0.2, 0) is 5.41 Å². The fourth-order valence-corrected chi connectivity index (χ4v) is 10.3. The van der Waals surface area contributed by atoms with Crippen LogP contribution in [0.4, 0.5) is 17.1 Å². The number of anilines is 3. The quantitative estimate of drug-likeness (QED) is 0.149. The summed E-state index contributed by atoms with van der Waals surface area (Å²) in [6.07, 6.45) is 0. The molecule has 0 spiro atoms. The minimum Gasteiger partial charge on any atom is -0.310 e. The van der Waals surface area contributed by atoms with Crippen molar-refractivity contribution in [2.45, 2.75) is 5.41 Å². The Morgan fingerprint density at radius 2 is 0.778 bits per heavy atom. The first kappa shape index (κ1) is 36.6. The Kier molecular flexibility index (Phi) is 8.76. The van der Waals surface area contributed by atoms with Crippen molar-refractivity contribution in [1.82, 2.24) is 4.57 Å². The van der Waals surface area contributed by atoms with Crippen molar-refractivity contribution in [3.05, 3.63) is 277 Å². The van der Waals surface area contributed by atoms with Gasteiger partial charge < -0.3 is 9.47 Å². The second-order valence-electron chi connectivity index (χ2n) is 16.5. The fraction of sp³-hybridized carbons (Fsp3) is 0.0164. The van der Waals surface area contributed by atoms with Crippen LogP contribution in [0.25, 0.3) is 60.9 Å². The summed E-state index contributed by atoms with van der Waals surface area (Å²) >= 11 is 0. The Bertz CT molecular complexity index is 3350. The smallest absolute Gasteiger partial charge is 0.0714 e. The predicted octanol–water partition coefficient (Wildman–Crippen LogP) is 16.0. The molecule has 1 aliphatic carbocycles. The third-order valence-electron chi connectivity index (χ3n) is 13.1. The van der Waals surface area contributed by atoms with E-state index in [1.54, 1.807) is 0 Å². The second kappa shape index (κ2) is 15.1. The molecule has 2 nitrogen and oxygen atoms in total. The maximum absolute atomic E-state index is 2.43. The normalized spacial score (nSPS) is 12.6. The summed E-state index contributed by atoms with van der Waals surface area (Å²) in [6.45, 7) is 0. The average molecular weight is 803 g/mol. The van der Waals surface area contributed by atoms with Crippen molar-refractivity contribution in [3.63, 3.8) is 0 Å². The van der Waals surface area contributed by atoms with Gasteiger partial charge in [-0.15, -0.1) is 0 Å². The summed E-state index contributed by atoms with van der Waals surface area (Å²) in [5.74, 6) is 0. The van der Waals surface area contributed by atoms with Gasteiger partial charge >= 0.3 is 0 Å². The summed E-state index contributed by atoms with van der Waals surface area (Å²) in [6, 6.07) is 93.3. The van der Waals surface area contributed by atoms with E-state index in [0.717, 1.165) is 22.7 Å². The molecule has 0 aliphatic heterocycles. The Labute approximate surface area is 368 Å². The zero-order chi connectivity index (χ0) is 41.7. The van der Waals surface area contributed by atoms with Crippen LogP contribution < -0.4 is 4.90 Å². The molecule has 2 heteroatoms. The van der Waals surface area contributed by atoms with Gasteiger partial charge in [0.25, 0.3) is 0 Å². The highest BCUT2D eigenvalue weighted by atomic mass is 15.1. The maximum Gasteiger partial charge on any atom is 0.0714 e. The third-order valence-corrected chi connectivity index (χ3v) is 13.1. The molecule has 0 bridgehead atoms. The Morgan fingerprint density at radius 1 is 0.302 bits per heavy atom. The van der Waals surface area contributed by atoms with E-state index in [0.29, 0.717) is 0 Å². The van der Waals surface area contributed by atoms with Crippen LogP contribution in [0.3, 0.4) is 0 Å². The molecule has 11 aromatic rings. The molecule has 0 radical (unpaired) electrons. The Balaban J connectivity index is 1.05. The Hall–Kier alpha value is -8.20. The lowest BCUT2D eigenvalue weighted by molar-refractivity contribution is 0.768. The van der Waals surface area contributed by atoms with Crippen LogP contribution in [0.5, 0.6) is 0 Å². The van der Waals surface area contributed by atoms with Gasteiger partial charge in [-0.2, -0.15) is 0 Å². The van der Waals surface area contributed by atoms with Crippen molar-refractivity contribution in [3.8, 4) is 39.1 Å². The molecule has 0 N–H and O–H groups in total. The first-order chi connectivity index (χ1) is 31.3. The van der Waals surface area contributed by atoms with Gasteiger partial charge in [0.05, 0.1) is 16.4 Å². The topological polar surface area (TPSA) is 8.17 Å². The van der Waals surface area contributed by atoms with Gasteiger partial charge in [0, 0.05) is 33.5 Å².